The Morgan fingerprint density at radius 1 is 1.34 bits per heavy atom. The number of benzene rings is 1. The molecule has 0 atom stereocenters. The molecule has 2 heterocycles. The van der Waals surface area contributed by atoms with Crippen molar-refractivity contribution < 1.29 is 22.7 Å². The maximum absolute atomic E-state index is 12.6. The first-order valence-electron chi connectivity index (χ1n) is 9.10. The molecule has 0 bridgehead atoms. The largest absolute Gasteiger partial charge is 0.573 e. The van der Waals surface area contributed by atoms with E-state index in [4.69, 9.17) is 6.42 Å². The number of amidine groups is 1. The number of terminal acetylenes is 1. The van der Waals surface area contributed by atoms with Crippen LogP contribution in [0.15, 0.2) is 40.2 Å². The number of likely N-dealkylation sites (tertiary alicyclic amines) is 1. The first-order chi connectivity index (χ1) is 13.8. The number of nitrogens with one attached hydrogen (secondary N) is 1. The van der Waals surface area contributed by atoms with Crippen molar-refractivity contribution in [2.75, 3.05) is 19.6 Å². The van der Waals surface area contributed by atoms with Gasteiger partial charge in [-0.05, 0) is 49.7 Å². The standard InChI is InChI=1S/C20H20F3N3O2S/c1-2-9-24-18-17(29-19(27)25-18)12-14-7-10-26(11-8-14)13-15-5-3-4-6-16(15)28-20(21,22)23/h1,3-6,12,14H,7-11,13H2,(H,24,25,27)/b17-12-. The summed E-state index contributed by atoms with van der Waals surface area (Å²) in [5, 5.41) is 2.69. The molecule has 1 amide bonds. The molecule has 0 spiro atoms. The number of nitrogens with zero attached hydrogens (tertiary/aromatic N) is 2. The van der Waals surface area contributed by atoms with Gasteiger partial charge >= 0.3 is 11.6 Å². The number of carbonyl (C=O) groups is 1. The van der Waals surface area contributed by atoms with Crippen LogP contribution in [0.2, 0.25) is 0 Å². The Labute approximate surface area is 171 Å². The summed E-state index contributed by atoms with van der Waals surface area (Å²) in [4.78, 5) is 18.4. The van der Waals surface area contributed by atoms with Crippen molar-refractivity contribution in [1.29, 1.82) is 0 Å². The minimum atomic E-state index is -4.71. The number of hydrogen-bond donors (Lipinski definition) is 1. The molecule has 1 aromatic carbocycles. The Bertz CT molecular complexity index is 853. The van der Waals surface area contributed by atoms with Gasteiger partial charge in [0.15, 0.2) is 0 Å². The number of alkyl halides is 3. The predicted molar refractivity (Wildman–Crippen MR) is 106 cm³/mol. The Morgan fingerprint density at radius 3 is 2.76 bits per heavy atom. The van der Waals surface area contributed by atoms with Gasteiger partial charge < -0.3 is 10.1 Å². The third kappa shape index (κ3) is 6.27. The van der Waals surface area contributed by atoms with Crippen LogP contribution >= 0.6 is 11.8 Å². The molecular formula is C20H20F3N3O2S. The van der Waals surface area contributed by atoms with Crippen LogP contribution in [0.3, 0.4) is 0 Å². The normalized spacial score (nSPS) is 19.9. The highest BCUT2D eigenvalue weighted by atomic mass is 32.2. The third-order valence-electron chi connectivity index (χ3n) is 4.60. The summed E-state index contributed by atoms with van der Waals surface area (Å²) >= 11 is 1.08. The van der Waals surface area contributed by atoms with Crippen LogP contribution in [-0.2, 0) is 6.54 Å². The average molecular weight is 423 g/mol. The van der Waals surface area contributed by atoms with E-state index in [2.05, 4.69) is 25.9 Å². The van der Waals surface area contributed by atoms with Crippen LogP contribution in [0.5, 0.6) is 5.75 Å². The molecule has 29 heavy (non-hydrogen) atoms. The molecule has 2 aliphatic heterocycles. The van der Waals surface area contributed by atoms with Crippen LogP contribution < -0.4 is 10.1 Å². The Hall–Kier alpha value is -2.44. The number of carbonyl (C=O) groups excluding carboxylic acids is 1. The van der Waals surface area contributed by atoms with Crippen molar-refractivity contribution >= 4 is 22.8 Å². The highest BCUT2D eigenvalue weighted by Crippen LogP contribution is 2.32. The summed E-state index contributed by atoms with van der Waals surface area (Å²) in [6.07, 6.45) is 4.24. The second kappa shape index (κ2) is 9.37. The number of allylic oxidation sites excluding steroid dienone is 1. The average Bonchev–Trinajstić information content (AvgIpc) is 3.01. The number of halogens is 3. The van der Waals surface area contributed by atoms with E-state index >= 15 is 0 Å². The Kier molecular flexibility index (Phi) is 6.87. The van der Waals surface area contributed by atoms with Gasteiger partial charge in [-0.3, -0.25) is 9.69 Å². The minimum Gasteiger partial charge on any atom is -0.405 e. The van der Waals surface area contributed by atoms with Crippen molar-refractivity contribution in [3.8, 4) is 18.1 Å². The van der Waals surface area contributed by atoms with Gasteiger partial charge in [-0.15, -0.1) is 19.6 Å². The first kappa shape index (κ1) is 21.3. The third-order valence-corrected chi connectivity index (χ3v) is 5.42. The number of thioether (sulfide) groups is 1. The maximum atomic E-state index is 12.6. The maximum Gasteiger partial charge on any atom is 0.573 e. The molecule has 0 saturated carbocycles. The molecule has 0 radical (unpaired) electrons. The van der Waals surface area contributed by atoms with E-state index < -0.39 is 6.36 Å². The summed E-state index contributed by atoms with van der Waals surface area (Å²) in [7, 11) is 0. The summed E-state index contributed by atoms with van der Waals surface area (Å²) in [6.45, 7) is 2.15. The molecule has 0 unspecified atom stereocenters. The van der Waals surface area contributed by atoms with Crippen LogP contribution in [-0.4, -0.2) is 42.0 Å². The molecule has 1 aromatic rings. The molecule has 1 fully saturated rings. The minimum absolute atomic E-state index is 0.162. The highest BCUT2D eigenvalue weighted by molar-refractivity contribution is 8.18. The molecular weight excluding hydrogens is 403 g/mol. The molecule has 154 valence electrons. The van der Waals surface area contributed by atoms with Gasteiger partial charge in [0.05, 0.1) is 11.4 Å². The van der Waals surface area contributed by atoms with Crippen molar-refractivity contribution in [2.24, 2.45) is 10.9 Å². The number of amides is 1. The second-order valence-corrected chi connectivity index (χ2v) is 7.68. The van der Waals surface area contributed by atoms with E-state index in [1.165, 1.54) is 12.1 Å². The number of ether oxygens (including phenoxy) is 1. The molecule has 3 rings (SSSR count). The van der Waals surface area contributed by atoms with E-state index in [0.717, 1.165) is 42.6 Å². The number of para-hydroxylation sites is 1. The molecule has 1 saturated heterocycles. The summed E-state index contributed by atoms with van der Waals surface area (Å²) in [5.41, 5.74) is 0.506. The van der Waals surface area contributed by atoms with Gasteiger partial charge in [-0.2, -0.15) is 4.99 Å². The molecule has 2 aliphatic rings. The molecule has 9 heteroatoms. The smallest absolute Gasteiger partial charge is 0.405 e. The SMILES string of the molecule is C#CCNC1=NC(=O)S/C1=C\C1CCN(Cc2ccccc2OC(F)(F)F)CC1. The van der Waals surface area contributed by atoms with Gasteiger partial charge in [-0.1, -0.05) is 30.2 Å². The number of piperidine rings is 1. The lowest BCUT2D eigenvalue weighted by atomic mass is 9.95. The molecule has 0 aromatic heterocycles. The zero-order chi connectivity index (χ0) is 20.9. The van der Waals surface area contributed by atoms with Gasteiger partial charge in [0.1, 0.15) is 11.6 Å². The second-order valence-electron chi connectivity index (χ2n) is 6.69. The Balaban J connectivity index is 1.57. The lowest BCUT2D eigenvalue weighted by Crippen LogP contribution is -2.33. The fourth-order valence-electron chi connectivity index (χ4n) is 3.28. The van der Waals surface area contributed by atoms with Crippen LogP contribution in [0.1, 0.15) is 18.4 Å². The topological polar surface area (TPSA) is 53.9 Å². The zero-order valence-electron chi connectivity index (χ0n) is 15.5. The quantitative estimate of drug-likeness (QED) is 0.721. The monoisotopic (exact) mass is 423 g/mol. The van der Waals surface area contributed by atoms with Gasteiger partial charge in [0.25, 0.3) is 0 Å². The van der Waals surface area contributed by atoms with E-state index in [0.29, 0.717) is 24.5 Å². The first-order valence-corrected chi connectivity index (χ1v) is 9.92. The number of hydrogen-bond acceptors (Lipinski definition) is 5. The number of aliphatic imine (C=N–C) groups is 1. The zero-order valence-corrected chi connectivity index (χ0v) is 16.4. The lowest BCUT2D eigenvalue weighted by Gasteiger charge is -2.31. The fraction of sp³-hybridized carbons (Fsp3) is 0.400. The Morgan fingerprint density at radius 2 is 2.07 bits per heavy atom. The van der Waals surface area contributed by atoms with E-state index in [-0.39, 0.29) is 16.9 Å². The summed E-state index contributed by atoms with van der Waals surface area (Å²) in [5.74, 6) is 3.07. The van der Waals surface area contributed by atoms with Gasteiger partial charge in [0.2, 0.25) is 0 Å². The lowest BCUT2D eigenvalue weighted by molar-refractivity contribution is -0.275. The van der Waals surface area contributed by atoms with Crippen molar-refractivity contribution in [3.05, 3.63) is 40.8 Å². The molecule has 0 aliphatic carbocycles. The molecule has 5 nitrogen and oxygen atoms in total. The van der Waals surface area contributed by atoms with Gasteiger partial charge in [0, 0.05) is 12.1 Å². The van der Waals surface area contributed by atoms with Crippen molar-refractivity contribution in [2.45, 2.75) is 25.7 Å². The van der Waals surface area contributed by atoms with E-state index in [9.17, 15) is 18.0 Å². The number of rotatable bonds is 5. The van der Waals surface area contributed by atoms with Crippen LogP contribution in [0.4, 0.5) is 18.0 Å². The predicted octanol–water partition coefficient (Wildman–Crippen LogP) is 4.17. The van der Waals surface area contributed by atoms with E-state index in [1.807, 2.05) is 6.08 Å². The fourth-order valence-corrected chi connectivity index (χ4v) is 4.08. The van der Waals surface area contributed by atoms with Crippen molar-refractivity contribution in [3.63, 3.8) is 0 Å². The summed E-state index contributed by atoms with van der Waals surface area (Å²) in [6, 6.07) is 6.21. The van der Waals surface area contributed by atoms with Crippen molar-refractivity contribution in [1.82, 2.24) is 10.2 Å². The highest BCUT2D eigenvalue weighted by Gasteiger charge is 2.32. The molecule has 1 N–H and O–H groups in total. The van der Waals surface area contributed by atoms with E-state index in [1.54, 1.807) is 12.1 Å². The van der Waals surface area contributed by atoms with Gasteiger partial charge in [-0.25, -0.2) is 0 Å². The van der Waals surface area contributed by atoms with Crippen LogP contribution in [0, 0.1) is 18.3 Å². The van der Waals surface area contributed by atoms with Crippen LogP contribution in [0.25, 0.3) is 0 Å². The summed E-state index contributed by atoms with van der Waals surface area (Å²) < 4.78 is 41.9.